The van der Waals surface area contributed by atoms with Crippen LogP contribution in [-0.2, 0) is 0 Å². The molecule has 0 fully saturated rings. The van der Waals surface area contributed by atoms with E-state index in [1.54, 1.807) is 6.07 Å². The molecule has 0 spiro atoms. The minimum atomic E-state index is -0.419. The van der Waals surface area contributed by atoms with Crippen molar-refractivity contribution in [2.45, 2.75) is 0 Å². The molecule has 0 amide bonds. The Morgan fingerprint density at radius 1 is 1.77 bits per heavy atom. The zero-order chi connectivity index (χ0) is 9.84. The van der Waals surface area contributed by atoms with Crippen LogP contribution < -0.4 is 5.49 Å². The largest absolute Gasteiger partial charge is 0.427 e. The molecule has 1 heterocycles. The van der Waals surface area contributed by atoms with Gasteiger partial charge in [0.25, 0.3) is 0 Å². The summed E-state index contributed by atoms with van der Waals surface area (Å²) < 4.78 is 0.419. The maximum absolute atomic E-state index is 9.03. The number of hydrogen-bond acceptors (Lipinski definition) is 6. The number of aromatic nitrogens is 2. The molecule has 0 saturated heterocycles. The number of oxime groups is 1. The molecule has 1 aromatic heterocycles. The lowest BCUT2D eigenvalue weighted by Crippen LogP contribution is -2.23. The summed E-state index contributed by atoms with van der Waals surface area (Å²) in [6.07, 6.45) is 1.98. The predicted molar refractivity (Wildman–Crippen MR) is 39.4 cm³/mol. The van der Waals surface area contributed by atoms with E-state index in [2.05, 4.69) is 10.1 Å². The van der Waals surface area contributed by atoms with E-state index in [0.29, 0.717) is 4.73 Å². The van der Waals surface area contributed by atoms with Gasteiger partial charge in [-0.25, -0.2) is 4.98 Å². The normalized spacial score (nSPS) is 10.1. The van der Waals surface area contributed by atoms with E-state index in [0.717, 1.165) is 12.4 Å². The van der Waals surface area contributed by atoms with E-state index >= 15 is 0 Å². The first-order chi connectivity index (χ1) is 6.19. The Bertz CT molecular complexity index is 441. The van der Waals surface area contributed by atoms with Crippen LogP contribution in [-0.4, -0.2) is 26.3 Å². The molecule has 0 bridgehead atoms. The molecule has 66 valence electrons. The van der Waals surface area contributed by atoms with Crippen molar-refractivity contribution in [1.82, 2.24) is 9.71 Å². The maximum Gasteiger partial charge on any atom is 0.197 e. The van der Waals surface area contributed by atoms with Gasteiger partial charge in [0.2, 0.25) is 0 Å². The number of rotatable bonds is 1. The van der Waals surface area contributed by atoms with Crippen LogP contribution in [0, 0.1) is 16.7 Å². The standard InChI is InChI=1S/C6H5N5O2/c7-1-5-6(8)11(13)3-4(10-5)2-9-12/h2-3,8,12-13H/b8-6?,9-2-. The highest BCUT2D eigenvalue weighted by atomic mass is 16.5. The molecule has 3 N–H and O–H groups in total. The number of nitrogens with zero attached hydrogens (tertiary/aromatic N) is 4. The molecule has 0 unspecified atom stereocenters. The Kier molecular flexibility index (Phi) is 2.26. The third-order valence-corrected chi connectivity index (χ3v) is 1.24. The van der Waals surface area contributed by atoms with E-state index < -0.39 is 5.49 Å². The number of nitrogens with one attached hydrogen (secondary N) is 1. The monoisotopic (exact) mass is 179 g/mol. The highest BCUT2D eigenvalue weighted by Gasteiger charge is 2.02. The highest BCUT2D eigenvalue weighted by molar-refractivity contribution is 5.75. The van der Waals surface area contributed by atoms with Crippen LogP contribution >= 0.6 is 0 Å². The Morgan fingerprint density at radius 2 is 2.46 bits per heavy atom. The molecule has 13 heavy (non-hydrogen) atoms. The molecule has 0 saturated carbocycles. The Balaban J connectivity index is 3.41. The molecule has 1 rings (SSSR count). The van der Waals surface area contributed by atoms with Gasteiger partial charge in [0.1, 0.15) is 11.8 Å². The Labute approximate surface area is 72.3 Å². The van der Waals surface area contributed by atoms with Gasteiger partial charge >= 0.3 is 0 Å². The lowest BCUT2D eigenvalue weighted by atomic mass is 10.4. The van der Waals surface area contributed by atoms with Crippen molar-refractivity contribution in [3.63, 3.8) is 0 Å². The molecule has 0 aliphatic carbocycles. The molecule has 0 aliphatic rings. The van der Waals surface area contributed by atoms with Crippen LogP contribution in [0.1, 0.15) is 11.4 Å². The fourth-order valence-corrected chi connectivity index (χ4v) is 0.709. The second kappa shape index (κ2) is 3.36. The SMILES string of the molecule is N#Cc1nc(/C=N\O)cn(O)c1=N. The minimum Gasteiger partial charge on any atom is -0.427 e. The first kappa shape index (κ1) is 8.73. The van der Waals surface area contributed by atoms with Crippen LogP contribution in [0.15, 0.2) is 11.4 Å². The van der Waals surface area contributed by atoms with Crippen molar-refractivity contribution in [1.29, 1.82) is 10.7 Å². The Hall–Kier alpha value is -2.36. The van der Waals surface area contributed by atoms with Crippen molar-refractivity contribution < 1.29 is 10.4 Å². The van der Waals surface area contributed by atoms with Gasteiger partial charge in [-0.2, -0.15) is 9.99 Å². The second-order valence-corrected chi connectivity index (χ2v) is 2.06. The second-order valence-electron chi connectivity index (χ2n) is 2.06. The van der Waals surface area contributed by atoms with E-state index in [-0.39, 0.29) is 11.4 Å². The predicted octanol–water partition coefficient (Wildman–Crippen LogP) is -0.720. The molecule has 0 atom stereocenters. The maximum atomic E-state index is 9.03. The van der Waals surface area contributed by atoms with E-state index in [1.807, 2.05) is 0 Å². The smallest absolute Gasteiger partial charge is 0.197 e. The van der Waals surface area contributed by atoms with Crippen LogP contribution in [0.3, 0.4) is 0 Å². The van der Waals surface area contributed by atoms with Gasteiger partial charge in [-0.1, -0.05) is 5.16 Å². The van der Waals surface area contributed by atoms with Crippen molar-refractivity contribution in [3.05, 3.63) is 23.1 Å². The zero-order valence-electron chi connectivity index (χ0n) is 6.34. The van der Waals surface area contributed by atoms with Gasteiger partial charge in [0, 0.05) is 0 Å². The lowest BCUT2D eigenvalue weighted by molar-refractivity contribution is 0.168. The molecule has 7 heteroatoms. The van der Waals surface area contributed by atoms with Gasteiger partial charge in [0.05, 0.1) is 12.4 Å². The van der Waals surface area contributed by atoms with Crippen molar-refractivity contribution in [2.24, 2.45) is 5.16 Å². The lowest BCUT2D eigenvalue weighted by Gasteiger charge is -1.98. The van der Waals surface area contributed by atoms with Crippen LogP contribution in [0.4, 0.5) is 0 Å². The molecular formula is C6H5N5O2. The minimum absolute atomic E-state index is 0.0811. The average Bonchev–Trinajstić information content (AvgIpc) is 2.11. The Morgan fingerprint density at radius 3 is 3.00 bits per heavy atom. The summed E-state index contributed by atoms with van der Waals surface area (Å²) in [5.41, 5.74) is -0.588. The third kappa shape index (κ3) is 1.62. The van der Waals surface area contributed by atoms with E-state index in [1.165, 1.54) is 0 Å². The van der Waals surface area contributed by atoms with Gasteiger partial charge in [-0.3, -0.25) is 5.41 Å². The fourth-order valence-electron chi connectivity index (χ4n) is 0.709. The van der Waals surface area contributed by atoms with Crippen LogP contribution in [0.5, 0.6) is 0 Å². The van der Waals surface area contributed by atoms with Gasteiger partial charge < -0.3 is 10.4 Å². The summed E-state index contributed by atoms with van der Waals surface area (Å²) in [5.74, 6) is 0. The highest BCUT2D eigenvalue weighted by Crippen LogP contribution is 1.88. The summed E-state index contributed by atoms with van der Waals surface area (Å²) in [5, 5.41) is 35.5. The van der Waals surface area contributed by atoms with Crippen molar-refractivity contribution >= 4 is 6.21 Å². The topological polar surface area (TPSA) is 118 Å². The van der Waals surface area contributed by atoms with Crippen molar-refractivity contribution in [3.8, 4) is 6.07 Å². The average molecular weight is 179 g/mol. The quantitative estimate of drug-likeness (QED) is 0.228. The number of hydrogen-bond donors (Lipinski definition) is 3. The van der Waals surface area contributed by atoms with Crippen LogP contribution in [0.25, 0.3) is 0 Å². The van der Waals surface area contributed by atoms with Crippen molar-refractivity contribution in [2.75, 3.05) is 0 Å². The fraction of sp³-hybridized carbons (Fsp3) is 0. The number of nitriles is 1. The van der Waals surface area contributed by atoms with Gasteiger partial charge in [-0.15, -0.1) is 0 Å². The first-order valence-corrected chi connectivity index (χ1v) is 3.14. The summed E-state index contributed by atoms with van der Waals surface area (Å²) in [6, 6.07) is 1.61. The summed E-state index contributed by atoms with van der Waals surface area (Å²) >= 11 is 0. The summed E-state index contributed by atoms with van der Waals surface area (Å²) in [4.78, 5) is 3.60. The molecular weight excluding hydrogens is 174 g/mol. The zero-order valence-corrected chi connectivity index (χ0v) is 6.34. The van der Waals surface area contributed by atoms with E-state index in [9.17, 15) is 0 Å². The van der Waals surface area contributed by atoms with E-state index in [4.69, 9.17) is 21.1 Å². The van der Waals surface area contributed by atoms with Gasteiger partial charge in [-0.05, 0) is 0 Å². The summed E-state index contributed by atoms with van der Waals surface area (Å²) in [6.45, 7) is 0. The third-order valence-electron chi connectivity index (χ3n) is 1.24. The van der Waals surface area contributed by atoms with Crippen LogP contribution in [0.2, 0.25) is 0 Å². The molecule has 0 aromatic carbocycles. The molecule has 7 nitrogen and oxygen atoms in total. The first-order valence-electron chi connectivity index (χ1n) is 3.14. The molecule has 0 aliphatic heterocycles. The molecule has 1 aromatic rings. The molecule has 0 radical (unpaired) electrons. The van der Waals surface area contributed by atoms with Gasteiger partial charge in [0.15, 0.2) is 11.2 Å². The summed E-state index contributed by atoms with van der Waals surface area (Å²) in [7, 11) is 0.